The van der Waals surface area contributed by atoms with E-state index in [0.29, 0.717) is 19.6 Å². The predicted molar refractivity (Wildman–Crippen MR) is 104 cm³/mol. The van der Waals surface area contributed by atoms with Gasteiger partial charge in [0.1, 0.15) is 0 Å². The van der Waals surface area contributed by atoms with Crippen LogP contribution in [0, 0.1) is 5.41 Å². The van der Waals surface area contributed by atoms with Crippen LogP contribution < -0.4 is 0 Å². The molecule has 0 aromatic carbocycles. The predicted octanol–water partition coefficient (Wildman–Crippen LogP) is 3.19. The molecule has 144 valence electrons. The van der Waals surface area contributed by atoms with Crippen molar-refractivity contribution in [3.05, 3.63) is 21.9 Å². The fourth-order valence-electron chi connectivity index (χ4n) is 4.27. The highest BCUT2D eigenvalue weighted by Gasteiger charge is 2.42. The second kappa shape index (κ2) is 8.53. The van der Waals surface area contributed by atoms with E-state index in [-0.39, 0.29) is 17.2 Å². The lowest BCUT2D eigenvalue weighted by Crippen LogP contribution is -2.55. The maximum atomic E-state index is 13.0. The number of amides is 2. The molecule has 1 atom stereocenters. The van der Waals surface area contributed by atoms with Crippen LogP contribution in [0.15, 0.2) is 11.4 Å². The Balaban J connectivity index is 1.67. The first-order valence-electron chi connectivity index (χ1n) is 9.70. The number of nitrogens with zero attached hydrogens (tertiary/aromatic N) is 2. The Morgan fingerprint density at radius 1 is 1.35 bits per heavy atom. The van der Waals surface area contributed by atoms with Gasteiger partial charge in [0.15, 0.2) is 0 Å². The Bertz CT molecular complexity index is 645. The van der Waals surface area contributed by atoms with Crippen LogP contribution in [0.2, 0.25) is 0 Å². The van der Waals surface area contributed by atoms with E-state index in [1.807, 2.05) is 15.2 Å². The maximum Gasteiger partial charge on any atom is 0.254 e. The Labute approximate surface area is 160 Å². The number of thiophene rings is 1. The van der Waals surface area contributed by atoms with Gasteiger partial charge in [-0.1, -0.05) is 13.3 Å². The van der Waals surface area contributed by atoms with Gasteiger partial charge in [-0.05, 0) is 31.7 Å². The van der Waals surface area contributed by atoms with Crippen molar-refractivity contribution in [2.45, 2.75) is 45.4 Å². The van der Waals surface area contributed by atoms with Crippen LogP contribution in [0.1, 0.15) is 54.3 Å². The van der Waals surface area contributed by atoms with Crippen LogP contribution in [-0.4, -0.2) is 61.5 Å². The molecule has 26 heavy (non-hydrogen) atoms. The highest BCUT2D eigenvalue weighted by atomic mass is 32.1. The molecule has 2 amide bonds. The number of likely N-dealkylation sites (tertiary alicyclic amines) is 2. The van der Waals surface area contributed by atoms with Gasteiger partial charge in [0.25, 0.3) is 5.91 Å². The lowest BCUT2D eigenvalue weighted by atomic mass is 9.73. The highest BCUT2D eigenvalue weighted by Crippen LogP contribution is 2.39. The third-order valence-electron chi connectivity index (χ3n) is 5.66. The molecule has 0 radical (unpaired) electrons. The van der Waals surface area contributed by atoms with Crippen LogP contribution in [0.3, 0.4) is 0 Å². The molecule has 3 rings (SSSR count). The minimum absolute atomic E-state index is 0.0534. The third-order valence-corrected chi connectivity index (χ3v) is 6.66. The molecular formula is C20H30N2O3S. The summed E-state index contributed by atoms with van der Waals surface area (Å²) in [7, 11) is 1.67. The average molecular weight is 379 g/mol. The molecule has 2 fully saturated rings. The fraction of sp³-hybridized carbons (Fsp3) is 0.700. The van der Waals surface area contributed by atoms with Crippen molar-refractivity contribution in [2.24, 2.45) is 5.41 Å². The summed E-state index contributed by atoms with van der Waals surface area (Å²) >= 11 is 1.69. The molecule has 0 unspecified atom stereocenters. The molecule has 0 N–H and O–H groups in total. The molecule has 6 heteroatoms. The fourth-order valence-corrected chi connectivity index (χ4v) is 5.24. The van der Waals surface area contributed by atoms with E-state index in [4.69, 9.17) is 4.74 Å². The number of aryl methyl sites for hydroxylation is 1. The molecule has 0 bridgehead atoms. The van der Waals surface area contributed by atoms with E-state index in [0.717, 1.165) is 57.3 Å². The summed E-state index contributed by atoms with van der Waals surface area (Å²) in [6.45, 7) is 5.72. The van der Waals surface area contributed by atoms with E-state index < -0.39 is 0 Å². The van der Waals surface area contributed by atoms with Crippen LogP contribution in [0.25, 0.3) is 0 Å². The topological polar surface area (TPSA) is 49.9 Å². The van der Waals surface area contributed by atoms with Crippen LogP contribution in [0.5, 0.6) is 0 Å². The van der Waals surface area contributed by atoms with Crippen molar-refractivity contribution in [1.82, 2.24) is 9.80 Å². The van der Waals surface area contributed by atoms with Crippen LogP contribution in [-0.2, 0) is 16.0 Å². The first-order chi connectivity index (χ1) is 12.6. The number of ether oxygens (including phenoxy) is 1. The highest BCUT2D eigenvalue weighted by molar-refractivity contribution is 7.10. The second-order valence-corrected chi connectivity index (χ2v) is 8.69. The standard InChI is InChI=1S/C20H30N2O3S/c1-3-5-17-12-16(13-26-17)19(24)22-9-4-7-20(15-22)8-6-18(23)21(14-20)10-11-25-2/h12-13H,3-11,14-15H2,1-2H3/t20-/m0/s1. The van der Waals surface area contributed by atoms with E-state index in [1.165, 1.54) is 4.88 Å². The summed E-state index contributed by atoms with van der Waals surface area (Å²) in [6.07, 6.45) is 5.74. The SMILES string of the molecule is CCCc1cc(C(=O)N2CCC[C@@]3(CCC(=O)N(CCOC)C3)C2)cs1. The molecule has 5 nitrogen and oxygen atoms in total. The van der Waals surface area contributed by atoms with Crippen molar-refractivity contribution in [1.29, 1.82) is 0 Å². The van der Waals surface area contributed by atoms with Gasteiger partial charge in [0.2, 0.25) is 5.91 Å². The van der Waals surface area contributed by atoms with E-state index in [2.05, 4.69) is 13.0 Å². The summed E-state index contributed by atoms with van der Waals surface area (Å²) in [6, 6.07) is 2.06. The molecule has 2 aliphatic heterocycles. The molecule has 2 saturated heterocycles. The van der Waals surface area contributed by atoms with E-state index in [9.17, 15) is 9.59 Å². The number of piperidine rings is 2. The number of methoxy groups -OCH3 is 1. The quantitative estimate of drug-likeness (QED) is 0.764. The average Bonchev–Trinajstić information content (AvgIpc) is 3.11. The van der Waals surface area contributed by atoms with Gasteiger partial charge in [-0.25, -0.2) is 0 Å². The third kappa shape index (κ3) is 4.29. The zero-order valence-corrected chi connectivity index (χ0v) is 16.8. The minimum atomic E-state index is 0.0534. The van der Waals surface area contributed by atoms with E-state index in [1.54, 1.807) is 18.4 Å². The number of carbonyl (C=O) groups excluding carboxylic acids is 2. The van der Waals surface area contributed by atoms with Crippen LogP contribution in [0.4, 0.5) is 0 Å². The minimum Gasteiger partial charge on any atom is -0.383 e. The zero-order valence-electron chi connectivity index (χ0n) is 16.0. The Kier molecular flexibility index (Phi) is 6.35. The number of hydrogen-bond donors (Lipinski definition) is 0. The van der Waals surface area contributed by atoms with Crippen LogP contribution >= 0.6 is 11.3 Å². The van der Waals surface area contributed by atoms with Crippen molar-refractivity contribution >= 4 is 23.2 Å². The summed E-state index contributed by atoms with van der Waals surface area (Å²) in [5, 5.41) is 2.00. The van der Waals surface area contributed by atoms with Crippen molar-refractivity contribution in [2.75, 3.05) is 39.9 Å². The molecule has 2 aliphatic rings. The smallest absolute Gasteiger partial charge is 0.254 e. The van der Waals surface area contributed by atoms with Gasteiger partial charge in [-0.2, -0.15) is 0 Å². The van der Waals surface area contributed by atoms with Gasteiger partial charge >= 0.3 is 0 Å². The molecule has 0 saturated carbocycles. The molecule has 1 aromatic rings. The number of rotatable bonds is 6. The van der Waals surface area contributed by atoms with Crippen molar-refractivity contribution in [3.63, 3.8) is 0 Å². The number of hydrogen-bond acceptors (Lipinski definition) is 4. The lowest BCUT2D eigenvalue weighted by Gasteiger charge is -2.48. The van der Waals surface area contributed by atoms with Gasteiger partial charge in [0.05, 0.1) is 12.2 Å². The first-order valence-corrected chi connectivity index (χ1v) is 10.6. The Morgan fingerprint density at radius 3 is 2.96 bits per heavy atom. The maximum absolute atomic E-state index is 13.0. The lowest BCUT2D eigenvalue weighted by molar-refractivity contribution is -0.139. The summed E-state index contributed by atoms with van der Waals surface area (Å²) in [4.78, 5) is 30.5. The van der Waals surface area contributed by atoms with Gasteiger partial charge in [0, 0.05) is 55.4 Å². The largest absolute Gasteiger partial charge is 0.383 e. The normalized spacial score (nSPS) is 23.7. The Morgan fingerprint density at radius 2 is 2.19 bits per heavy atom. The molecule has 0 aliphatic carbocycles. The molecule has 1 aromatic heterocycles. The molecular weight excluding hydrogens is 348 g/mol. The summed E-state index contributed by atoms with van der Waals surface area (Å²) < 4.78 is 5.15. The zero-order chi connectivity index (χ0) is 18.6. The Hall–Kier alpha value is -1.40. The molecule has 1 spiro atoms. The van der Waals surface area contributed by atoms with Gasteiger partial charge in [-0.3, -0.25) is 9.59 Å². The monoisotopic (exact) mass is 378 g/mol. The number of carbonyl (C=O) groups is 2. The summed E-state index contributed by atoms with van der Waals surface area (Å²) in [5.41, 5.74) is 0.885. The molecule has 3 heterocycles. The van der Waals surface area contributed by atoms with Gasteiger partial charge < -0.3 is 14.5 Å². The van der Waals surface area contributed by atoms with E-state index >= 15 is 0 Å². The second-order valence-electron chi connectivity index (χ2n) is 7.69. The summed E-state index contributed by atoms with van der Waals surface area (Å²) in [5.74, 6) is 0.376. The van der Waals surface area contributed by atoms with Gasteiger partial charge in [-0.15, -0.1) is 11.3 Å². The van der Waals surface area contributed by atoms with Crippen molar-refractivity contribution in [3.8, 4) is 0 Å². The van der Waals surface area contributed by atoms with Crippen molar-refractivity contribution < 1.29 is 14.3 Å². The first kappa shape index (κ1) is 19.4.